The van der Waals surface area contributed by atoms with Crippen molar-refractivity contribution in [3.63, 3.8) is 0 Å². The molecule has 1 aliphatic heterocycles. The first-order valence-corrected chi connectivity index (χ1v) is 9.16. The molecule has 1 aromatic carbocycles. The van der Waals surface area contributed by atoms with Crippen molar-refractivity contribution in [1.29, 1.82) is 0 Å². The number of hydrogen-bond donors (Lipinski definition) is 0. The molecule has 1 aliphatic rings. The van der Waals surface area contributed by atoms with E-state index in [1.54, 1.807) is 4.90 Å². The van der Waals surface area contributed by atoms with E-state index < -0.39 is 10.0 Å². The zero-order valence-corrected chi connectivity index (χ0v) is 15.5. The summed E-state index contributed by atoms with van der Waals surface area (Å²) in [4.78, 5) is 14.6. The van der Waals surface area contributed by atoms with Gasteiger partial charge in [-0.15, -0.1) is 0 Å². The van der Waals surface area contributed by atoms with Gasteiger partial charge in [0.1, 0.15) is 5.75 Å². The molecule has 0 aromatic heterocycles. The number of methoxy groups -OCH3 is 1. The summed E-state index contributed by atoms with van der Waals surface area (Å²) >= 11 is 0. The predicted octanol–water partition coefficient (Wildman–Crippen LogP) is 1.19. The standard InChI is InChI=1S/C16H24N2O5S/c1-11-9-18(10-12(2)23-11)16(19)14-8-13(6-7-15(14)22-5)24(20,21)17(3)4/h6-8,11-12H,9-10H2,1-5H3. The third-order valence-electron chi connectivity index (χ3n) is 3.89. The second-order valence-electron chi connectivity index (χ2n) is 6.12. The maximum Gasteiger partial charge on any atom is 0.257 e. The van der Waals surface area contributed by atoms with Gasteiger partial charge in [-0.2, -0.15) is 0 Å². The highest BCUT2D eigenvalue weighted by Gasteiger charge is 2.29. The molecule has 1 heterocycles. The summed E-state index contributed by atoms with van der Waals surface area (Å²) in [6.07, 6.45) is -0.144. The third-order valence-corrected chi connectivity index (χ3v) is 5.70. The topological polar surface area (TPSA) is 76.2 Å². The van der Waals surface area contributed by atoms with Gasteiger partial charge in [0.2, 0.25) is 10.0 Å². The van der Waals surface area contributed by atoms with Crippen molar-refractivity contribution < 1.29 is 22.7 Å². The average molecular weight is 356 g/mol. The summed E-state index contributed by atoms with van der Waals surface area (Å²) < 4.78 is 36.7. The molecule has 2 unspecified atom stereocenters. The van der Waals surface area contributed by atoms with Crippen LogP contribution in [0.5, 0.6) is 5.75 Å². The van der Waals surface area contributed by atoms with E-state index in [1.807, 2.05) is 13.8 Å². The molecule has 2 atom stereocenters. The molecule has 0 bridgehead atoms. The van der Waals surface area contributed by atoms with Gasteiger partial charge in [-0.3, -0.25) is 4.79 Å². The lowest BCUT2D eigenvalue weighted by Crippen LogP contribution is -2.48. The van der Waals surface area contributed by atoms with Crippen LogP contribution in [-0.4, -0.2) is 70.0 Å². The summed E-state index contributed by atoms with van der Waals surface area (Å²) in [7, 11) is 0.729. The molecule has 0 saturated carbocycles. The van der Waals surface area contributed by atoms with Gasteiger partial charge in [-0.25, -0.2) is 12.7 Å². The molecule has 134 valence electrons. The summed E-state index contributed by atoms with van der Waals surface area (Å²) in [5.41, 5.74) is 0.238. The van der Waals surface area contributed by atoms with Gasteiger partial charge in [0.05, 0.1) is 29.8 Å². The normalized spacial score (nSPS) is 21.8. The lowest BCUT2D eigenvalue weighted by molar-refractivity contribution is -0.0586. The minimum atomic E-state index is -3.63. The Morgan fingerprint density at radius 2 is 1.83 bits per heavy atom. The van der Waals surface area contributed by atoms with Crippen LogP contribution < -0.4 is 4.74 Å². The zero-order valence-electron chi connectivity index (χ0n) is 14.6. The summed E-state index contributed by atoms with van der Waals surface area (Å²) in [5.74, 6) is 0.0918. The predicted molar refractivity (Wildman–Crippen MR) is 89.8 cm³/mol. The van der Waals surface area contributed by atoms with Gasteiger partial charge < -0.3 is 14.4 Å². The van der Waals surface area contributed by atoms with Crippen LogP contribution in [0.2, 0.25) is 0 Å². The molecule has 1 fully saturated rings. The Hall–Kier alpha value is -1.64. The van der Waals surface area contributed by atoms with Gasteiger partial charge in [0, 0.05) is 27.2 Å². The van der Waals surface area contributed by atoms with Crippen LogP contribution in [0.3, 0.4) is 0 Å². The monoisotopic (exact) mass is 356 g/mol. The Bertz CT molecular complexity index is 707. The fourth-order valence-electron chi connectivity index (χ4n) is 2.74. The van der Waals surface area contributed by atoms with Crippen molar-refractivity contribution in [3.05, 3.63) is 23.8 Å². The number of sulfonamides is 1. The van der Waals surface area contributed by atoms with Crippen LogP contribution in [0.25, 0.3) is 0 Å². The Morgan fingerprint density at radius 1 is 1.25 bits per heavy atom. The molecule has 8 heteroatoms. The lowest BCUT2D eigenvalue weighted by atomic mass is 10.1. The van der Waals surface area contributed by atoms with Crippen LogP contribution in [0, 0.1) is 0 Å². The Morgan fingerprint density at radius 3 is 2.33 bits per heavy atom. The van der Waals surface area contributed by atoms with E-state index in [9.17, 15) is 13.2 Å². The minimum absolute atomic E-state index is 0.0611. The number of carbonyl (C=O) groups is 1. The van der Waals surface area contributed by atoms with Crippen molar-refractivity contribution >= 4 is 15.9 Å². The molecule has 2 rings (SSSR count). The average Bonchev–Trinajstić information content (AvgIpc) is 2.52. The van der Waals surface area contributed by atoms with Crippen LogP contribution in [0.1, 0.15) is 24.2 Å². The van der Waals surface area contributed by atoms with E-state index in [0.29, 0.717) is 18.8 Å². The third kappa shape index (κ3) is 3.71. The summed E-state index contributed by atoms with van der Waals surface area (Å²) in [6.45, 7) is 4.72. The van der Waals surface area contributed by atoms with Crippen molar-refractivity contribution in [1.82, 2.24) is 9.21 Å². The van der Waals surface area contributed by atoms with Crippen LogP contribution in [0.15, 0.2) is 23.1 Å². The fraction of sp³-hybridized carbons (Fsp3) is 0.562. The molecule has 0 N–H and O–H groups in total. The van der Waals surface area contributed by atoms with Crippen molar-refractivity contribution in [3.8, 4) is 5.75 Å². The SMILES string of the molecule is COc1ccc(S(=O)(=O)N(C)C)cc1C(=O)N1CC(C)OC(C)C1. The number of ether oxygens (including phenoxy) is 2. The first-order valence-electron chi connectivity index (χ1n) is 7.72. The smallest absolute Gasteiger partial charge is 0.257 e. The van der Waals surface area contributed by atoms with Crippen molar-refractivity contribution in [2.75, 3.05) is 34.3 Å². The number of rotatable bonds is 4. The van der Waals surface area contributed by atoms with E-state index in [1.165, 1.54) is 39.4 Å². The van der Waals surface area contributed by atoms with Gasteiger partial charge in [0.15, 0.2) is 0 Å². The molecular weight excluding hydrogens is 332 g/mol. The molecule has 0 aliphatic carbocycles. The Kier molecular flexibility index (Phi) is 5.52. The van der Waals surface area contributed by atoms with Crippen molar-refractivity contribution in [2.24, 2.45) is 0 Å². The van der Waals surface area contributed by atoms with Gasteiger partial charge >= 0.3 is 0 Å². The molecular formula is C16H24N2O5S. The molecule has 1 saturated heterocycles. The number of benzene rings is 1. The van der Waals surface area contributed by atoms with Crippen LogP contribution >= 0.6 is 0 Å². The van der Waals surface area contributed by atoms with Crippen LogP contribution in [-0.2, 0) is 14.8 Å². The highest BCUT2D eigenvalue weighted by Crippen LogP contribution is 2.26. The minimum Gasteiger partial charge on any atom is -0.496 e. The maximum atomic E-state index is 12.9. The van der Waals surface area contributed by atoms with E-state index in [-0.39, 0.29) is 28.6 Å². The number of nitrogens with zero attached hydrogens (tertiary/aromatic N) is 2. The first kappa shape index (κ1) is 18.7. The number of amides is 1. The molecule has 24 heavy (non-hydrogen) atoms. The van der Waals surface area contributed by atoms with E-state index in [2.05, 4.69) is 0 Å². The number of hydrogen-bond acceptors (Lipinski definition) is 5. The summed E-state index contributed by atoms with van der Waals surface area (Å²) in [5, 5.41) is 0. The second kappa shape index (κ2) is 7.08. The highest BCUT2D eigenvalue weighted by atomic mass is 32.2. The summed E-state index contributed by atoms with van der Waals surface area (Å²) in [6, 6.07) is 4.33. The van der Waals surface area contributed by atoms with Gasteiger partial charge in [0.25, 0.3) is 5.91 Å². The molecule has 1 amide bonds. The van der Waals surface area contributed by atoms with E-state index in [4.69, 9.17) is 9.47 Å². The molecule has 1 aromatic rings. The fourth-order valence-corrected chi connectivity index (χ4v) is 3.67. The van der Waals surface area contributed by atoms with Gasteiger partial charge in [-0.1, -0.05) is 0 Å². The van der Waals surface area contributed by atoms with Crippen molar-refractivity contribution in [2.45, 2.75) is 31.0 Å². The number of carbonyl (C=O) groups excluding carboxylic acids is 1. The first-order chi connectivity index (χ1) is 11.2. The zero-order chi connectivity index (χ0) is 18.1. The Labute approximate surface area is 143 Å². The molecule has 0 radical (unpaired) electrons. The quantitative estimate of drug-likeness (QED) is 0.810. The largest absolute Gasteiger partial charge is 0.496 e. The highest BCUT2D eigenvalue weighted by molar-refractivity contribution is 7.89. The second-order valence-corrected chi connectivity index (χ2v) is 8.27. The maximum absolute atomic E-state index is 12.9. The Balaban J connectivity index is 2.42. The van der Waals surface area contributed by atoms with Crippen LogP contribution in [0.4, 0.5) is 0 Å². The van der Waals surface area contributed by atoms with E-state index in [0.717, 1.165) is 4.31 Å². The lowest BCUT2D eigenvalue weighted by Gasteiger charge is -2.35. The molecule has 0 spiro atoms. The molecule has 7 nitrogen and oxygen atoms in total. The number of morpholine rings is 1. The van der Waals surface area contributed by atoms with Gasteiger partial charge in [-0.05, 0) is 32.0 Å². The van der Waals surface area contributed by atoms with E-state index >= 15 is 0 Å².